The SMILES string of the molecule is Nc1ccc(Cl)cc1C(Nc1ccccc1)C(F)(F)F. The van der Waals surface area contributed by atoms with Crippen molar-refractivity contribution >= 4 is 23.0 Å². The minimum atomic E-state index is -4.49. The first-order valence-electron chi connectivity index (χ1n) is 5.81. The molecule has 0 saturated heterocycles. The Morgan fingerprint density at radius 1 is 1.05 bits per heavy atom. The van der Waals surface area contributed by atoms with Gasteiger partial charge in [0.1, 0.15) is 0 Å². The van der Waals surface area contributed by atoms with Gasteiger partial charge < -0.3 is 11.1 Å². The van der Waals surface area contributed by atoms with E-state index in [4.69, 9.17) is 17.3 Å². The molecule has 2 aromatic rings. The van der Waals surface area contributed by atoms with E-state index in [-0.39, 0.29) is 16.3 Å². The summed E-state index contributed by atoms with van der Waals surface area (Å²) in [6.45, 7) is 0. The Morgan fingerprint density at radius 3 is 2.30 bits per heavy atom. The molecular formula is C14H12ClF3N2. The molecule has 0 bridgehead atoms. The van der Waals surface area contributed by atoms with Crippen LogP contribution in [0.5, 0.6) is 0 Å². The molecule has 0 aromatic heterocycles. The van der Waals surface area contributed by atoms with Crippen LogP contribution in [0, 0.1) is 0 Å². The van der Waals surface area contributed by atoms with E-state index in [1.807, 2.05) is 0 Å². The average molecular weight is 301 g/mol. The zero-order valence-corrected chi connectivity index (χ0v) is 11.0. The normalized spacial score (nSPS) is 13.0. The van der Waals surface area contributed by atoms with Gasteiger partial charge in [-0.25, -0.2) is 0 Å². The molecule has 0 heterocycles. The summed E-state index contributed by atoms with van der Waals surface area (Å²) in [5.41, 5.74) is 5.95. The maximum atomic E-state index is 13.2. The monoisotopic (exact) mass is 300 g/mol. The number of alkyl halides is 3. The molecule has 0 aliphatic carbocycles. The van der Waals surface area contributed by atoms with Crippen molar-refractivity contribution in [2.24, 2.45) is 0 Å². The van der Waals surface area contributed by atoms with Crippen LogP contribution < -0.4 is 11.1 Å². The second kappa shape index (κ2) is 5.63. The second-order valence-corrected chi connectivity index (χ2v) is 4.69. The zero-order valence-electron chi connectivity index (χ0n) is 10.3. The molecule has 1 unspecified atom stereocenters. The van der Waals surface area contributed by atoms with Gasteiger partial charge >= 0.3 is 6.18 Å². The largest absolute Gasteiger partial charge is 0.412 e. The quantitative estimate of drug-likeness (QED) is 0.811. The lowest BCUT2D eigenvalue weighted by atomic mass is 10.0. The molecule has 2 nitrogen and oxygen atoms in total. The topological polar surface area (TPSA) is 38.0 Å². The van der Waals surface area contributed by atoms with E-state index in [0.717, 1.165) is 0 Å². The zero-order chi connectivity index (χ0) is 14.8. The van der Waals surface area contributed by atoms with Crippen LogP contribution in [0.1, 0.15) is 11.6 Å². The Kier molecular flexibility index (Phi) is 4.09. The van der Waals surface area contributed by atoms with Gasteiger partial charge in [-0.2, -0.15) is 13.2 Å². The molecule has 0 aliphatic rings. The van der Waals surface area contributed by atoms with Gasteiger partial charge in [-0.15, -0.1) is 0 Å². The molecule has 0 saturated carbocycles. The van der Waals surface area contributed by atoms with Crippen LogP contribution in [0.3, 0.4) is 0 Å². The third-order valence-corrected chi connectivity index (χ3v) is 3.01. The summed E-state index contributed by atoms with van der Waals surface area (Å²) in [5.74, 6) is 0. The van der Waals surface area contributed by atoms with Gasteiger partial charge in [0.2, 0.25) is 0 Å². The minimum absolute atomic E-state index is 0.0418. The van der Waals surface area contributed by atoms with Crippen LogP contribution >= 0.6 is 11.6 Å². The van der Waals surface area contributed by atoms with Gasteiger partial charge in [0.15, 0.2) is 6.04 Å². The van der Waals surface area contributed by atoms with Crippen LogP contribution in [0.2, 0.25) is 5.02 Å². The number of nitrogens with one attached hydrogen (secondary N) is 1. The van der Waals surface area contributed by atoms with E-state index in [9.17, 15) is 13.2 Å². The van der Waals surface area contributed by atoms with Crippen LogP contribution in [0.15, 0.2) is 48.5 Å². The fourth-order valence-corrected chi connectivity index (χ4v) is 2.01. The van der Waals surface area contributed by atoms with Crippen molar-refractivity contribution < 1.29 is 13.2 Å². The van der Waals surface area contributed by atoms with Crippen LogP contribution in [-0.4, -0.2) is 6.18 Å². The molecular weight excluding hydrogens is 289 g/mol. The summed E-state index contributed by atoms with van der Waals surface area (Å²) in [5, 5.41) is 2.65. The Bertz CT molecular complexity index is 585. The third-order valence-electron chi connectivity index (χ3n) is 2.77. The standard InChI is InChI=1S/C14H12ClF3N2/c15-9-6-7-12(19)11(8-9)13(14(16,17)18)20-10-4-2-1-3-5-10/h1-8,13,20H,19H2. The number of hydrogen-bond acceptors (Lipinski definition) is 2. The Labute approximate surface area is 119 Å². The van der Waals surface area contributed by atoms with Crippen molar-refractivity contribution in [3.05, 3.63) is 59.1 Å². The summed E-state index contributed by atoms with van der Waals surface area (Å²) in [6, 6.07) is 10.3. The van der Waals surface area contributed by atoms with Gasteiger partial charge in [0.05, 0.1) is 0 Å². The first-order chi connectivity index (χ1) is 9.38. The van der Waals surface area contributed by atoms with Gasteiger partial charge in [-0.3, -0.25) is 0 Å². The number of nitrogens with two attached hydrogens (primary N) is 1. The van der Waals surface area contributed by atoms with Gasteiger partial charge in [-0.05, 0) is 30.3 Å². The molecule has 0 fully saturated rings. The third kappa shape index (κ3) is 3.36. The molecule has 0 radical (unpaired) electrons. The Balaban J connectivity index is 2.41. The molecule has 2 rings (SSSR count). The molecule has 106 valence electrons. The van der Waals surface area contributed by atoms with Crippen LogP contribution in [0.4, 0.5) is 24.5 Å². The molecule has 0 aliphatic heterocycles. The van der Waals surface area contributed by atoms with Crippen molar-refractivity contribution in [2.75, 3.05) is 11.1 Å². The molecule has 2 aromatic carbocycles. The highest BCUT2D eigenvalue weighted by atomic mass is 35.5. The number of benzene rings is 2. The van der Waals surface area contributed by atoms with Crippen molar-refractivity contribution in [3.63, 3.8) is 0 Å². The number of para-hydroxylation sites is 1. The summed E-state index contributed by atoms with van der Waals surface area (Å²) in [7, 11) is 0. The van der Waals surface area contributed by atoms with E-state index >= 15 is 0 Å². The molecule has 20 heavy (non-hydrogen) atoms. The smallest absolute Gasteiger partial charge is 0.398 e. The van der Waals surface area contributed by atoms with E-state index in [2.05, 4.69) is 5.32 Å². The summed E-state index contributed by atoms with van der Waals surface area (Å²) < 4.78 is 39.7. The second-order valence-electron chi connectivity index (χ2n) is 4.26. The molecule has 3 N–H and O–H groups in total. The minimum Gasteiger partial charge on any atom is -0.398 e. The number of anilines is 2. The lowest BCUT2D eigenvalue weighted by Gasteiger charge is -2.24. The molecule has 0 spiro atoms. The van der Waals surface area contributed by atoms with Crippen molar-refractivity contribution in [1.82, 2.24) is 0 Å². The molecule has 0 amide bonds. The number of rotatable bonds is 3. The molecule has 6 heteroatoms. The van der Waals surface area contributed by atoms with Crippen LogP contribution in [0.25, 0.3) is 0 Å². The summed E-state index contributed by atoms with van der Waals surface area (Å²) in [4.78, 5) is 0. The van der Waals surface area contributed by atoms with E-state index < -0.39 is 12.2 Å². The van der Waals surface area contributed by atoms with E-state index in [1.165, 1.54) is 18.2 Å². The number of hydrogen-bond donors (Lipinski definition) is 2. The fourth-order valence-electron chi connectivity index (χ4n) is 1.83. The number of halogens is 4. The Hall–Kier alpha value is -1.88. The van der Waals surface area contributed by atoms with E-state index in [0.29, 0.717) is 5.69 Å². The Morgan fingerprint density at radius 2 is 1.70 bits per heavy atom. The highest BCUT2D eigenvalue weighted by Gasteiger charge is 2.42. The van der Waals surface area contributed by atoms with Gasteiger partial charge in [0, 0.05) is 22.0 Å². The lowest BCUT2D eigenvalue weighted by Crippen LogP contribution is -2.28. The highest BCUT2D eigenvalue weighted by molar-refractivity contribution is 6.30. The maximum absolute atomic E-state index is 13.2. The fraction of sp³-hybridized carbons (Fsp3) is 0.143. The van der Waals surface area contributed by atoms with Crippen molar-refractivity contribution in [2.45, 2.75) is 12.2 Å². The number of nitrogen functional groups attached to an aromatic ring is 1. The predicted molar refractivity (Wildman–Crippen MR) is 74.7 cm³/mol. The summed E-state index contributed by atoms with van der Waals surface area (Å²) in [6.07, 6.45) is -4.49. The summed E-state index contributed by atoms with van der Waals surface area (Å²) >= 11 is 5.76. The van der Waals surface area contributed by atoms with Gasteiger partial charge in [-0.1, -0.05) is 29.8 Å². The van der Waals surface area contributed by atoms with E-state index in [1.54, 1.807) is 30.3 Å². The highest BCUT2D eigenvalue weighted by Crippen LogP contribution is 2.38. The first-order valence-corrected chi connectivity index (χ1v) is 6.19. The van der Waals surface area contributed by atoms with Crippen molar-refractivity contribution in [3.8, 4) is 0 Å². The maximum Gasteiger partial charge on any atom is 0.412 e. The van der Waals surface area contributed by atoms with Crippen molar-refractivity contribution in [1.29, 1.82) is 0 Å². The van der Waals surface area contributed by atoms with Crippen LogP contribution in [-0.2, 0) is 0 Å². The molecule has 1 atom stereocenters. The lowest BCUT2D eigenvalue weighted by molar-refractivity contribution is -0.143. The first kappa shape index (κ1) is 14.5. The average Bonchev–Trinajstić information content (AvgIpc) is 2.39. The van der Waals surface area contributed by atoms with Gasteiger partial charge in [0.25, 0.3) is 0 Å². The predicted octanol–water partition coefficient (Wildman–Crippen LogP) is 4.64.